The minimum atomic E-state index is -3.24. The van der Waals surface area contributed by atoms with Crippen molar-refractivity contribution in [1.82, 2.24) is 4.31 Å². The smallest absolute Gasteiger partial charge is 0.215 e. The summed E-state index contributed by atoms with van der Waals surface area (Å²) in [6, 6.07) is 3.68. The van der Waals surface area contributed by atoms with Gasteiger partial charge in [0.2, 0.25) is 10.0 Å². The minimum absolute atomic E-state index is 0.00817. The maximum absolute atomic E-state index is 11.9. The highest BCUT2D eigenvalue weighted by molar-refractivity contribution is 7.89. The van der Waals surface area contributed by atoms with Crippen molar-refractivity contribution in [1.29, 1.82) is 0 Å². The van der Waals surface area contributed by atoms with Crippen molar-refractivity contribution in [2.75, 3.05) is 11.6 Å². The molecule has 16 heavy (non-hydrogen) atoms. The third-order valence-corrected chi connectivity index (χ3v) is 4.81. The van der Waals surface area contributed by atoms with Gasteiger partial charge in [0, 0.05) is 11.9 Å². The molecular weight excluding hydrogens is 250 g/mol. The predicted molar refractivity (Wildman–Crippen MR) is 61.8 cm³/mol. The van der Waals surface area contributed by atoms with Gasteiger partial charge in [-0.1, -0.05) is 0 Å². The van der Waals surface area contributed by atoms with Crippen LogP contribution < -0.4 is 0 Å². The maximum Gasteiger partial charge on any atom is 0.215 e. The highest BCUT2D eigenvalue weighted by Crippen LogP contribution is 2.31. The fourth-order valence-corrected chi connectivity index (χ4v) is 3.59. The highest BCUT2D eigenvalue weighted by atomic mass is 35.5. The second-order valence-electron chi connectivity index (χ2n) is 3.86. The van der Waals surface area contributed by atoms with Gasteiger partial charge in [0.1, 0.15) is 5.76 Å². The number of furan rings is 1. The van der Waals surface area contributed by atoms with E-state index in [1.54, 1.807) is 18.4 Å². The highest BCUT2D eigenvalue weighted by Gasteiger charge is 2.37. The summed E-state index contributed by atoms with van der Waals surface area (Å²) in [5, 5.41) is 0. The Morgan fingerprint density at radius 2 is 2.25 bits per heavy atom. The third-order valence-electron chi connectivity index (χ3n) is 2.54. The zero-order valence-corrected chi connectivity index (χ0v) is 10.4. The molecule has 1 aromatic rings. The molecule has 0 aliphatic heterocycles. The monoisotopic (exact) mass is 263 g/mol. The summed E-state index contributed by atoms with van der Waals surface area (Å²) in [5.74, 6) is 0.792. The van der Waals surface area contributed by atoms with E-state index >= 15 is 0 Å². The number of sulfonamides is 1. The van der Waals surface area contributed by atoms with Crippen LogP contribution in [0.15, 0.2) is 22.8 Å². The molecule has 0 atom stereocenters. The van der Waals surface area contributed by atoms with Crippen LogP contribution >= 0.6 is 11.6 Å². The van der Waals surface area contributed by atoms with Gasteiger partial charge in [0.05, 0.1) is 18.6 Å². The first kappa shape index (κ1) is 12.0. The molecule has 1 fully saturated rings. The second-order valence-corrected chi connectivity index (χ2v) is 6.28. The fraction of sp³-hybridized carbons (Fsp3) is 0.600. The molecule has 2 rings (SSSR count). The molecule has 0 saturated heterocycles. The van der Waals surface area contributed by atoms with Crippen LogP contribution in [-0.4, -0.2) is 30.4 Å². The van der Waals surface area contributed by atoms with Crippen LogP contribution in [0, 0.1) is 0 Å². The number of rotatable bonds is 6. The van der Waals surface area contributed by atoms with E-state index in [0.717, 1.165) is 12.8 Å². The van der Waals surface area contributed by atoms with Crippen molar-refractivity contribution in [2.45, 2.75) is 25.4 Å². The molecule has 0 amide bonds. The van der Waals surface area contributed by atoms with Crippen LogP contribution in [-0.2, 0) is 16.6 Å². The zero-order chi connectivity index (χ0) is 11.6. The van der Waals surface area contributed by atoms with Crippen molar-refractivity contribution < 1.29 is 12.8 Å². The molecule has 90 valence electrons. The Bertz CT molecular complexity index is 425. The molecule has 0 radical (unpaired) electrons. The summed E-state index contributed by atoms with van der Waals surface area (Å²) in [5.41, 5.74) is 0. The number of alkyl halides is 1. The van der Waals surface area contributed by atoms with Crippen molar-refractivity contribution >= 4 is 21.6 Å². The quantitative estimate of drug-likeness (QED) is 0.736. The number of nitrogens with zero attached hydrogens (tertiary/aromatic N) is 1. The molecule has 1 saturated carbocycles. The van der Waals surface area contributed by atoms with Crippen LogP contribution in [0.1, 0.15) is 18.6 Å². The van der Waals surface area contributed by atoms with E-state index in [2.05, 4.69) is 0 Å². The van der Waals surface area contributed by atoms with E-state index in [1.807, 2.05) is 0 Å². The molecule has 0 unspecified atom stereocenters. The number of hydrogen-bond donors (Lipinski definition) is 0. The van der Waals surface area contributed by atoms with Gasteiger partial charge in [-0.05, 0) is 25.0 Å². The maximum atomic E-state index is 11.9. The molecule has 1 aliphatic carbocycles. The van der Waals surface area contributed by atoms with Crippen molar-refractivity contribution in [2.24, 2.45) is 0 Å². The van der Waals surface area contributed by atoms with Gasteiger partial charge >= 0.3 is 0 Å². The summed E-state index contributed by atoms with van der Waals surface area (Å²) in [6.07, 6.45) is 3.42. The van der Waals surface area contributed by atoms with Crippen LogP contribution in [0.4, 0.5) is 0 Å². The lowest BCUT2D eigenvalue weighted by Gasteiger charge is -2.20. The van der Waals surface area contributed by atoms with Gasteiger partial charge in [-0.25, -0.2) is 8.42 Å². The largest absolute Gasteiger partial charge is 0.468 e. The summed E-state index contributed by atoms with van der Waals surface area (Å²) >= 11 is 5.51. The van der Waals surface area contributed by atoms with Crippen molar-refractivity contribution in [3.8, 4) is 0 Å². The van der Waals surface area contributed by atoms with Crippen LogP contribution in [0.25, 0.3) is 0 Å². The normalized spacial score (nSPS) is 16.9. The molecule has 1 heterocycles. The van der Waals surface area contributed by atoms with Gasteiger partial charge < -0.3 is 4.42 Å². The summed E-state index contributed by atoms with van der Waals surface area (Å²) < 4.78 is 30.6. The molecule has 1 aromatic heterocycles. The van der Waals surface area contributed by atoms with Crippen molar-refractivity contribution in [3.63, 3.8) is 0 Å². The van der Waals surface area contributed by atoms with Crippen LogP contribution in [0.5, 0.6) is 0 Å². The lowest BCUT2D eigenvalue weighted by atomic mass is 10.4. The van der Waals surface area contributed by atoms with Gasteiger partial charge in [0.15, 0.2) is 0 Å². The topological polar surface area (TPSA) is 50.5 Å². The lowest BCUT2D eigenvalue weighted by molar-refractivity contribution is 0.357. The average Bonchev–Trinajstić information content (AvgIpc) is 2.92. The van der Waals surface area contributed by atoms with E-state index in [4.69, 9.17) is 16.0 Å². The molecule has 0 bridgehead atoms. The standard InChI is InChI=1S/C10H14ClNO3S/c11-5-7-16(13,14)12(9-3-4-9)8-10-2-1-6-15-10/h1-2,6,9H,3-5,7-8H2. The van der Waals surface area contributed by atoms with E-state index in [9.17, 15) is 8.42 Å². The Labute approximate surface area is 100 Å². The van der Waals surface area contributed by atoms with E-state index in [0.29, 0.717) is 12.3 Å². The zero-order valence-electron chi connectivity index (χ0n) is 8.80. The Hall–Kier alpha value is -0.520. The van der Waals surface area contributed by atoms with E-state index < -0.39 is 10.0 Å². The Balaban J connectivity index is 2.11. The van der Waals surface area contributed by atoms with Crippen molar-refractivity contribution in [3.05, 3.63) is 24.2 Å². The van der Waals surface area contributed by atoms with E-state index in [-0.39, 0.29) is 17.7 Å². The molecule has 1 aliphatic rings. The minimum Gasteiger partial charge on any atom is -0.468 e. The number of hydrogen-bond acceptors (Lipinski definition) is 3. The second kappa shape index (κ2) is 4.77. The molecular formula is C10H14ClNO3S. The fourth-order valence-electron chi connectivity index (χ4n) is 1.59. The summed E-state index contributed by atoms with van der Waals surface area (Å²) in [7, 11) is -3.24. The first-order valence-corrected chi connectivity index (χ1v) is 7.36. The molecule has 0 spiro atoms. The Morgan fingerprint density at radius 3 is 2.75 bits per heavy atom. The number of halogens is 1. The van der Waals surface area contributed by atoms with Gasteiger partial charge in [0.25, 0.3) is 0 Å². The SMILES string of the molecule is O=S(=O)(CCCl)N(Cc1ccco1)C1CC1. The third kappa shape index (κ3) is 2.78. The van der Waals surface area contributed by atoms with Crippen LogP contribution in [0.2, 0.25) is 0 Å². The first-order valence-electron chi connectivity index (χ1n) is 5.21. The first-order chi connectivity index (χ1) is 7.63. The molecule has 0 N–H and O–H groups in total. The van der Waals surface area contributed by atoms with Gasteiger partial charge in [-0.15, -0.1) is 11.6 Å². The summed E-state index contributed by atoms with van der Waals surface area (Å²) in [6.45, 7) is 0.316. The van der Waals surface area contributed by atoms with Crippen LogP contribution in [0.3, 0.4) is 0 Å². The predicted octanol–water partition coefficient (Wildman–Crippen LogP) is 1.81. The molecule has 0 aromatic carbocycles. The molecule has 4 nitrogen and oxygen atoms in total. The average molecular weight is 264 g/mol. The van der Waals surface area contributed by atoms with E-state index in [1.165, 1.54) is 4.31 Å². The lowest BCUT2D eigenvalue weighted by Crippen LogP contribution is -2.34. The van der Waals surface area contributed by atoms with Gasteiger partial charge in [-0.2, -0.15) is 4.31 Å². The molecule has 6 heteroatoms. The summed E-state index contributed by atoms with van der Waals surface area (Å²) in [4.78, 5) is 0. The Kier molecular flexibility index (Phi) is 3.56. The van der Waals surface area contributed by atoms with Gasteiger partial charge in [-0.3, -0.25) is 0 Å². The Morgan fingerprint density at radius 1 is 1.50 bits per heavy atom.